The molecule has 0 aromatic heterocycles. The first kappa shape index (κ1) is 23.1. The fourth-order valence-electron chi connectivity index (χ4n) is 2.18. The molecular weight excluding hydrogens is 292 g/mol. The molecule has 21 heavy (non-hydrogen) atoms. The highest BCUT2D eigenvalue weighted by molar-refractivity contribution is 7.79. The summed E-state index contributed by atoms with van der Waals surface area (Å²) in [6, 6.07) is 0. The minimum atomic E-state index is -4.67. The molecule has 0 aliphatic rings. The number of aliphatic hydroxyl groups is 1. The lowest BCUT2D eigenvalue weighted by atomic mass is 9.96. The van der Waals surface area contributed by atoms with Crippen LogP contribution in [0.15, 0.2) is 0 Å². The van der Waals surface area contributed by atoms with E-state index in [-0.39, 0.29) is 6.10 Å². The normalized spacial score (nSPS) is 14.2. The van der Waals surface area contributed by atoms with Crippen LogP contribution < -0.4 is 0 Å². The van der Waals surface area contributed by atoms with E-state index >= 15 is 0 Å². The van der Waals surface area contributed by atoms with Gasteiger partial charge in [-0.3, -0.25) is 9.11 Å². The van der Waals surface area contributed by atoms with E-state index in [1.54, 1.807) is 0 Å². The number of rotatable bonds is 11. The quantitative estimate of drug-likeness (QED) is 0.389. The molecule has 0 amide bonds. The first-order valence-corrected chi connectivity index (χ1v) is 9.44. The summed E-state index contributed by atoms with van der Waals surface area (Å²) in [5.41, 5.74) is 0. The topological polar surface area (TPSA) is 94.8 Å². The summed E-state index contributed by atoms with van der Waals surface area (Å²) in [5, 5.41) is 9.16. The van der Waals surface area contributed by atoms with Gasteiger partial charge in [-0.1, -0.05) is 71.6 Å². The van der Waals surface area contributed by atoms with Crippen LogP contribution in [-0.2, 0) is 10.4 Å². The van der Waals surface area contributed by atoms with Crippen molar-refractivity contribution in [1.82, 2.24) is 0 Å². The summed E-state index contributed by atoms with van der Waals surface area (Å²) in [7, 11) is -4.67. The monoisotopic (exact) mass is 326 g/mol. The standard InChI is InChI=1S/C15H32O.H2O4S/c1-4-5-6-7-8-9-11-14(2)12-10-13-15(3)16;1-5(2,3)4/h14-16H,4-13H2,1-3H3;(H2,1,2,3,4). The Hall–Kier alpha value is -0.170. The summed E-state index contributed by atoms with van der Waals surface area (Å²) in [4.78, 5) is 0. The van der Waals surface area contributed by atoms with Gasteiger partial charge in [-0.25, -0.2) is 0 Å². The van der Waals surface area contributed by atoms with E-state index in [0.717, 1.165) is 12.3 Å². The molecule has 6 heteroatoms. The van der Waals surface area contributed by atoms with E-state index in [2.05, 4.69) is 13.8 Å². The molecule has 0 spiro atoms. The van der Waals surface area contributed by atoms with Gasteiger partial charge in [-0.05, 0) is 19.3 Å². The molecule has 0 rings (SSSR count). The van der Waals surface area contributed by atoms with Gasteiger partial charge >= 0.3 is 10.4 Å². The van der Waals surface area contributed by atoms with Crippen molar-refractivity contribution in [2.45, 2.75) is 91.1 Å². The Morgan fingerprint density at radius 2 is 1.24 bits per heavy atom. The van der Waals surface area contributed by atoms with Gasteiger partial charge in [-0.2, -0.15) is 8.42 Å². The summed E-state index contributed by atoms with van der Waals surface area (Å²) in [6.45, 7) is 6.51. The molecule has 2 atom stereocenters. The van der Waals surface area contributed by atoms with Gasteiger partial charge in [0.1, 0.15) is 0 Å². The highest BCUT2D eigenvalue weighted by Crippen LogP contribution is 2.17. The van der Waals surface area contributed by atoms with Crippen molar-refractivity contribution in [3.8, 4) is 0 Å². The molecule has 5 nitrogen and oxygen atoms in total. The van der Waals surface area contributed by atoms with Crippen LogP contribution in [0.3, 0.4) is 0 Å². The third kappa shape index (κ3) is 33.0. The summed E-state index contributed by atoms with van der Waals surface area (Å²) >= 11 is 0. The SMILES string of the molecule is CCCCCCCCC(C)CCCC(C)O.O=S(=O)(O)O. The van der Waals surface area contributed by atoms with Crippen molar-refractivity contribution in [1.29, 1.82) is 0 Å². The summed E-state index contributed by atoms with van der Waals surface area (Å²) in [6.07, 6.45) is 13.1. The molecule has 3 N–H and O–H groups in total. The second-order valence-electron chi connectivity index (χ2n) is 5.89. The molecule has 0 aromatic rings. The zero-order valence-corrected chi connectivity index (χ0v) is 14.6. The minimum Gasteiger partial charge on any atom is -0.393 e. The molecular formula is C15H34O5S. The second kappa shape index (κ2) is 14.8. The second-order valence-corrected chi connectivity index (χ2v) is 6.79. The van der Waals surface area contributed by atoms with E-state index in [1.165, 1.54) is 57.8 Å². The molecule has 2 unspecified atom stereocenters. The van der Waals surface area contributed by atoms with Gasteiger partial charge in [-0.15, -0.1) is 0 Å². The molecule has 130 valence electrons. The largest absolute Gasteiger partial charge is 0.394 e. The summed E-state index contributed by atoms with van der Waals surface area (Å²) < 4.78 is 31.6. The Morgan fingerprint density at radius 1 is 0.810 bits per heavy atom. The van der Waals surface area contributed by atoms with Crippen molar-refractivity contribution in [2.24, 2.45) is 5.92 Å². The Morgan fingerprint density at radius 3 is 1.71 bits per heavy atom. The minimum absolute atomic E-state index is 0.110. The van der Waals surface area contributed by atoms with Gasteiger partial charge in [0.2, 0.25) is 0 Å². The van der Waals surface area contributed by atoms with Crippen LogP contribution in [0.25, 0.3) is 0 Å². The molecule has 0 aliphatic carbocycles. The zero-order valence-electron chi connectivity index (χ0n) is 13.8. The average Bonchev–Trinajstić information content (AvgIpc) is 2.31. The average molecular weight is 326 g/mol. The number of hydrogen-bond donors (Lipinski definition) is 3. The van der Waals surface area contributed by atoms with Crippen LogP contribution in [0.1, 0.15) is 85.0 Å². The molecule has 0 saturated heterocycles. The predicted molar refractivity (Wildman–Crippen MR) is 86.9 cm³/mol. The molecule has 0 saturated carbocycles. The van der Waals surface area contributed by atoms with Gasteiger partial charge in [0, 0.05) is 0 Å². The van der Waals surface area contributed by atoms with Crippen LogP contribution in [0.2, 0.25) is 0 Å². The Bertz CT molecular complexity index is 293. The maximum Gasteiger partial charge on any atom is 0.394 e. The first-order valence-electron chi connectivity index (χ1n) is 8.04. The van der Waals surface area contributed by atoms with Crippen LogP contribution in [0.4, 0.5) is 0 Å². The number of aliphatic hydroxyl groups excluding tert-OH is 1. The number of hydrogen-bond acceptors (Lipinski definition) is 3. The lowest BCUT2D eigenvalue weighted by Gasteiger charge is -2.11. The maximum absolute atomic E-state index is 9.16. The van der Waals surface area contributed by atoms with Gasteiger partial charge in [0.15, 0.2) is 0 Å². The van der Waals surface area contributed by atoms with Crippen molar-refractivity contribution in [2.75, 3.05) is 0 Å². The lowest BCUT2D eigenvalue weighted by Crippen LogP contribution is -2.01. The molecule has 0 aliphatic heterocycles. The van der Waals surface area contributed by atoms with Crippen LogP contribution in [0.5, 0.6) is 0 Å². The van der Waals surface area contributed by atoms with Gasteiger partial charge in [0.05, 0.1) is 6.10 Å². The van der Waals surface area contributed by atoms with E-state index in [4.69, 9.17) is 22.6 Å². The van der Waals surface area contributed by atoms with Crippen molar-refractivity contribution in [3.63, 3.8) is 0 Å². The van der Waals surface area contributed by atoms with Crippen molar-refractivity contribution >= 4 is 10.4 Å². The third-order valence-corrected chi connectivity index (χ3v) is 3.37. The predicted octanol–water partition coefficient (Wildman–Crippen LogP) is 4.27. The lowest BCUT2D eigenvalue weighted by molar-refractivity contribution is 0.178. The number of unbranched alkanes of at least 4 members (excludes halogenated alkanes) is 5. The van der Waals surface area contributed by atoms with E-state index in [9.17, 15) is 0 Å². The van der Waals surface area contributed by atoms with Crippen LogP contribution >= 0.6 is 0 Å². The van der Waals surface area contributed by atoms with Gasteiger partial charge < -0.3 is 5.11 Å². The Kier molecular flexibility index (Phi) is 16.2. The maximum atomic E-state index is 9.16. The molecule has 0 bridgehead atoms. The van der Waals surface area contributed by atoms with E-state index < -0.39 is 10.4 Å². The highest BCUT2D eigenvalue weighted by Gasteiger charge is 2.03. The van der Waals surface area contributed by atoms with Crippen LogP contribution in [-0.4, -0.2) is 28.7 Å². The van der Waals surface area contributed by atoms with Crippen LogP contribution in [0, 0.1) is 5.92 Å². The van der Waals surface area contributed by atoms with Crippen molar-refractivity contribution < 1.29 is 22.6 Å². The van der Waals surface area contributed by atoms with Crippen molar-refractivity contribution in [3.05, 3.63) is 0 Å². The summed E-state index contributed by atoms with van der Waals surface area (Å²) in [5.74, 6) is 0.852. The molecule has 0 radical (unpaired) electrons. The van der Waals surface area contributed by atoms with Gasteiger partial charge in [0.25, 0.3) is 0 Å². The molecule has 0 aromatic carbocycles. The highest BCUT2D eigenvalue weighted by atomic mass is 32.3. The fourth-order valence-corrected chi connectivity index (χ4v) is 2.18. The fraction of sp³-hybridized carbons (Fsp3) is 1.00. The molecule has 0 heterocycles. The Labute approximate surface area is 130 Å². The third-order valence-electron chi connectivity index (χ3n) is 3.37. The van der Waals surface area contributed by atoms with E-state index in [1.807, 2.05) is 6.92 Å². The zero-order chi connectivity index (χ0) is 16.7. The Balaban J connectivity index is 0. The molecule has 0 fully saturated rings. The first-order chi connectivity index (χ1) is 9.66. The smallest absolute Gasteiger partial charge is 0.393 e. The van der Waals surface area contributed by atoms with E-state index in [0.29, 0.717) is 0 Å².